The maximum Gasteiger partial charge on any atom is 0.0589 e. The van der Waals surface area contributed by atoms with E-state index in [4.69, 9.17) is 10.5 Å². The van der Waals surface area contributed by atoms with E-state index in [0.29, 0.717) is 0 Å². The van der Waals surface area contributed by atoms with Crippen LogP contribution in [0.2, 0.25) is 0 Å². The molecule has 3 heteroatoms. The zero-order valence-electron chi connectivity index (χ0n) is 10.9. The van der Waals surface area contributed by atoms with Crippen molar-refractivity contribution in [3.05, 3.63) is 35.9 Å². The summed E-state index contributed by atoms with van der Waals surface area (Å²) in [7, 11) is 3.81. The molecule has 1 rings (SSSR count). The molecule has 1 aromatic carbocycles. The second-order valence-corrected chi connectivity index (χ2v) is 4.54. The highest BCUT2D eigenvalue weighted by Gasteiger charge is 2.06. The first kappa shape index (κ1) is 14.2. The first-order valence-electron chi connectivity index (χ1n) is 6.19. The first-order valence-corrected chi connectivity index (χ1v) is 6.19. The zero-order valence-corrected chi connectivity index (χ0v) is 10.9. The first-order chi connectivity index (χ1) is 8.22. The predicted octanol–water partition coefficient (Wildman–Crippen LogP) is 1.52. The monoisotopic (exact) mass is 236 g/mol. The van der Waals surface area contributed by atoms with Gasteiger partial charge in [0.05, 0.1) is 6.61 Å². The molecule has 0 saturated heterocycles. The molecule has 0 aliphatic heterocycles. The Kier molecular flexibility index (Phi) is 6.86. The van der Waals surface area contributed by atoms with Gasteiger partial charge in [-0.05, 0) is 25.5 Å². The van der Waals surface area contributed by atoms with Crippen LogP contribution in [0.1, 0.15) is 12.0 Å². The van der Waals surface area contributed by atoms with Gasteiger partial charge in [-0.1, -0.05) is 30.3 Å². The average Bonchev–Trinajstić information content (AvgIpc) is 2.35. The summed E-state index contributed by atoms with van der Waals surface area (Å²) >= 11 is 0. The summed E-state index contributed by atoms with van der Waals surface area (Å²) in [6.07, 6.45) is 2.08. The second-order valence-electron chi connectivity index (χ2n) is 4.54. The molecular formula is C14H24N2O. The highest BCUT2D eigenvalue weighted by molar-refractivity contribution is 5.14. The molecule has 0 aliphatic carbocycles. The van der Waals surface area contributed by atoms with Crippen LogP contribution >= 0.6 is 0 Å². The predicted molar refractivity (Wildman–Crippen MR) is 72.1 cm³/mol. The molecule has 0 fully saturated rings. The van der Waals surface area contributed by atoms with Crippen molar-refractivity contribution in [2.45, 2.75) is 18.9 Å². The maximum atomic E-state index is 6.11. The molecule has 1 unspecified atom stereocenters. The largest absolute Gasteiger partial charge is 0.383 e. The molecule has 0 aromatic heterocycles. The number of aryl methyl sites for hydroxylation is 1. The summed E-state index contributed by atoms with van der Waals surface area (Å²) in [6, 6.07) is 10.7. The van der Waals surface area contributed by atoms with Crippen LogP contribution in [0.3, 0.4) is 0 Å². The lowest BCUT2D eigenvalue weighted by Crippen LogP contribution is -2.37. The fourth-order valence-corrected chi connectivity index (χ4v) is 1.83. The molecule has 0 bridgehead atoms. The van der Waals surface area contributed by atoms with Crippen LogP contribution in [0.15, 0.2) is 30.3 Å². The summed E-state index contributed by atoms with van der Waals surface area (Å²) in [4.78, 5) is 2.22. The van der Waals surface area contributed by atoms with Crippen molar-refractivity contribution in [1.82, 2.24) is 4.90 Å². The van der Waals surface area contributed by atoms with Crippen molar-refractivity contribution in [2.75, 3.05) is 33.9 Å². The molecule has 0 radical (unpaired) electrons. The van der Waals surface area contributed by atoms with E-state index in [2.05, 4.69) is 36.2 Å². The molecule has 0 amide bonds. The van der Waals surface area contributed by atoms with E-state index in [-0.39, 0.29) is 6.04 Å². The van der Waals surface area contributed by atoms with Gasteiger partial charge in [-0.3, -0.25) is 0 Å². The molecule has 96 valence electrons. The third-order valence-electron chi connectivity index (χ3n) is 2.87. The number of nitrogens with zero attached hydrogens (tertiary/aromatic N) is 1. The Morgan fingerprint density at radius 1 is 1.29 bits per heavy atom. The summed E-state index contributed by atoms with van der Waals surface area (Å²) in [6.45, 7) is 2.63. The van der Waals surface area contributed by atoms with Crippen molar-refractivity contribution >= 4 is 0 Å². The summed E-state index contributed by atoms with van der Waals surface area (Å²) in [5, 5.41) is 0. The summed E-state index contributed by atoms with van der Waals surface area (Å²) in [5.41, 5.74) is 7.48. The fraction of sp³-hybridized carbons (Fsp3) is 0.571. The van der Waals surface area contributed by atoms with E-state index < -0.39 is 0 Å². The van der Waals surface area contributed by atoms with Crippen molar-refractivity contribution in [3.8, 4) is 0 Å². The number of nitrogens with two attached hydrogens (primary N) is 1. The van der Waals surface area contributed by atoms with Gasteiger partial charge in [0.15, 0.2) is 0 Å². The minimum atomic E-state index is 0.233. The summed E-state index contributed by atoms with van der Waals surface area (Å²) < 4.78 is 5.04. The van der Waals surface area contributed by atoms with Gasteiger partial charge in [-0.25, -0.2) is 0 Å². The van der Waals surface area contributed by atoms with Gasteiger partial charge in [0.1, 0.15) is 0 Å². The Bertz CT molecular complexity index is 290. The Balaban J connectivity index is 2.19. The van der Waals surface area contributed by atoms with Gasteiger partial charge in [0.2, 0.25) is 0 Å². The van der Waals surface area contributed by atoms with E-state index in [1.54, 1.807) is 7.11 Å². The average molecular weight is 236 g/mol. The lowest BCUT2D eigenvalue weighted by Gasteiger charge is -2.20. The lowest BCUT2D eigenvalue weighted by atomic mass is 10.1. The minimum absolute atomic E-state index is 0.233. The minimum Gasteiger partial charge on any atom is -0.383 e. The molecule has 0 spiro atoms. The Labute approximate surface area is 105 Å². The Morgan fingerprint density at radius 3 is 2.65 bits per heavy atom. The number of hydrogen-bond acceptors (Lipinski definition) is 3. The zero-order chi connectivity index (χ0) is 12.5. The lowest BCUT2D eigenvalue weighted by molar-refractivity contribution is 0.157. The van der Waals surface area contributed by atoms with Gasteiger partial charge in [0, 0.05) is 26.2 Å². The second kappa shape index (κ2) is 8.23. The third kappa shape index (κ3) is 6.41. The quantitative estimate of drug-likeness (QED) is 0.744. The number of benzene rings is 1. The van der Waals surface area contributed by atoms with Crippen molar-refractivity contribution in [3.63, 3.8) is 0 Å². The molecule has 0 heterocycles. The fourth-order valence-electron chi connectivity index (χ4n) is 1.83. The molecule has 1 atom stereocenters. The van der Waals surface area contributed by atoms with Crippen LogP contribution in [-0.2, 0) is 11.2 Å². The SMILES string of the molecule is COCCN(C)CC(N)CCc1ccccc1. The van der Waals surface area contributed by atoms with Crippen LogP contribution < -0.4 is 5.73 Å². The summed E-state index contributed by atoms with van der Waals surface area (Å²) in [5.74, 6) is 0. The highest BCUT2D eigenvalue weighted by atomic mass is 16.5. The standard InChI is InChI=1S/C14H24N2O/c1-16(10-11-17-2)12-14(15)9-8-13-6-4-3-5-7-13/h3-7,14H,8-12,15H2,1-2H3. The van der Waals surface area contributed by atoms with Gasteiger partial charge in [-0.2, -0.15) is 0 Å². The van der Waals surface area contributed by atoms with E-state index in [1.165, 1.54) is 5.56 Å². The Hall–Kier alpha value is -0.900. The normalized spacial score (nSPS) is 12.9. The maximum absolute atomic E-state index is 6.11. The number of ether oxygens (including phenoxy) is 1. The highest BCUT2D eigenvalue weighted by Crippen LogP contribution is 2.04. The topological polar surface area (TPSA) is 38.5 Å². The van der Waals surface area contributed by atoms with Gasteiger partial charge >= 0.3 is 0 Å². The molecule has 3 nitrogen and oxygen atoms in total. The van der Waals surface area contributed by atoms with Gasteiger partial charge in [-0.15, -0.1) is 0 Å². The van der Waals surface area contributed by atoms with Gasteiger partial charge < -0.3 is 15.4 Å². The molecular weight excluding hydrogens is 212 g/mol. The number of hydrogen-bond donors (Lipinski definition) is 1. The molecule has 0 saturated carbocycles. The molecule has 17 heavy (non-hydrogen) atoms. The molecule has 1 aromatic rings. The van der Waals surface area contributed by atoms with Crippen LogP contribution in [-0.4, -0.2) is 44.8 Å². The van der Waals surface area contributed by atoms with Crippen LogP contribution in [0.5, 0.6) is 0 Å². The van der Waals surface area contributed by atoms with E-state index >= 15 is 0 Å². The van der Waals surface area contributed by atoms with E-state index in [9.17, 15) is 0 Å². The van der Waals surface area contributed by atoms with Crippen molar-refractivity contribution in [1.29, 1.82) is 0 Å². The number of likely N-dealkylation sites (N-methyl/N-ethyl adjacent to an activating group) is 1. The number of methoxy groups -OCH3 is 1. The van der Waals surface area contributed by atoms with Crippen molar-refractivity contribution < 1.29 is 4.74 Å². The van der Waals surface area contributed by atoms with E-state index in [1.807, 2.05) is 6.07 Å². The Morgan fingerprint density at radius 2 is 2.00 bits per heavy atom. The van der Waals surface area contributed by atoms with Crippen LogP contribution in [0.25, 0.3) is 0 Å². The molecule has 2 N–H and O–H groups in total. The molecule has 0 aliphatic rings. The third-order valence-corrected chi connectivity index (χ3v) is 2.87. The van der Waals surface area contributed by atoms with Crippen molar-refractivity contribution in [2.24, 2.45) is 5.73 Å². The number of rotatable bonds is 8. The van der Waals surface area contributed by atoms with Crippen LogP contribution in [0.4, 0.5) is 0 Å². The van der Waals surface area contributed by atoms with E-state index in [0.717, 1.165) is 32.5 Å². The van der Waals surface area contributed by atoms with Crippen LogP contribution in [0, 0.1) is 0 Å². The van der Waals surface area contributed by atoms with Gasteiger partial charge in [0.25, 0.3) is 0 Å². The smallest absolute Gasteiger partial charge is 0.0589 e.